The van der Waals surface area contributed by atoms with E-state index in [0.717, 1.165) is 28.0 Å². The van der Waals surface area contributed by atoms with Gasteiger partial charge < -0.3 is 24.1 Å². The molecule has 30 heavy (non-hydrogen) atoms. The molecule has 1 aliphatic rings. The molecular formula is C22H26N4O4. The van der Waals surface area contributed by atoms with Crippen molar-refractivity contribution in [1.29, 1.82) is 0 Å². The minimum atomic E-state index is -0.488. The van der Waals surface area contributed by atoms with Gasteiger partial charge in [-0.3, -0.25) is 0 Å². The summed E-state index contributed by atoms with van der Waals surface area (Å²) in [5.74, 6) is 0.920. The fourth-order valence-electron chi connectivity index (χ4n) is 3.38. The lowest BCUT2D eigenvalue weighted by Crippen LogP contribution is -2.50. The maximum absolute atomic E-state index is 12.1. The number of aromatic amines is 1. The van der Waals surface area contributed by atoms with Crippen LogP contribution in [0.25, 0.3) is 22.3 Å². The van der Waals surface area contributed by atoms with E-state index in [1.54, 1.807) is 12.0 Å². The Bertz CT molecular complexity index is 1050. The Morgan fingerprint density at radius 2 is 1.97 bits per heavy atom. The molecule has 0 spiro atoms. The van der Waals surface area contributed by atoms with E-state index in [2.05, 4.69) is 21.2 Å². The number of benzene rings is 1. The summed E-state index contributed by atoms with van der Waals surface area (Å²) in [4.78, 5) is 17.2. The number of carbonyl (C=O) groups is 1. The van der Waals surface area contributed by atoms with Gasteiger partial charge in [0, 0.05) is 42.8 Å². The highest BCUT2D eigenvalue weighted by molar-refractivity contribution is 5.82. The normalized spacial score (nSPS) is 14.6. The number of hydrogen-bond acceptors (Lipinski definition) is 6. The first-order valence-electron chi connectivity index (χ1n) is 9.89. The summed E-state index contributed by atoms with van der Waals surface area (Å²) in [5, 5.41) is 9.67. The minimum absolute atomic E-state index is 0.164. The van der Waals surface area contributed by atoms with Crippen molar-refractivity contribution in [1.82, 2.24) is 20.1 Å². The quantitative estimate of drug-likeness (QED) is 0.641. The van der Waals surface area contributed by atoms with E-state index in [9.17, 15) is 4.79 Å². The van der Waals surface area contributed by atoms with Crippen molar-refractivity contribution in [3.05, 3.63) is 42.1 Å². The number of H-pyrrole nitrogens is 1. The van der Waals surface area contributed by atoms with Gasteiger partial charge in [-0.25, -0.2) is 4.79 Å². The molecule has 0 aliphatic carbocycles. The Balaban J connectivity index is 1.50. The molecular weight excluding hydrogens is 384 g/mol. The number of nitrogens with zero attached hydrogens (tertiary/aromatic N) is 3. The van der Waals surface area contributed by atoms with E-state index in [-0.39, 0.29) is 18.8 Å². The molecule has 0 saturated carbocycles. The zero-order valence-corrected chi connectivity index (χ0v) is 17.6. The molecule has 4 rings (SSSR count). The molecule has 0 bridgehead atoms. The van der Waals surface area contributed by atoms with Crippen molar-refractivity contribution < 1.29 is 19.0 Å². The average molecular weight is 410 g/mol. The average Bonchev–Trinajstić information content (AvgIpc) is 3.06. The highest BCUT2D eigenvalue weighted by atomic mass is 16.7. The van der Waals surface area contributed by atoms with Crippen molar-refractivity contribution in [3.8, 4) is 17.0 Å². The van der Waals surface area contributed by atoms with Crippen LogP contribution in [0, 0.1) is 0 Å². The topological polar surface area (TPSA) is 89.6 Å². The summed E-state index contributed by atoms with van der Waals surface area (Å²) in [7, 11) is 1.58. The van der Waals surface area contributed by atoms with Gasteiger partial charge in [0.05, 0.1) is 5.69 Å². The number of fused-ring (bicyclic) bond motifs is 1. The summed E-state index contributed by atoms with van der Waals surface area (Å²) >= 11 is 0. The fraction of sp³-hybridized carbons (Fsp3) is 0.409. The Morgan fingerprint density at radius 1 is 1.20 bits per heavy atom. The van der Waals surface area contributed by atoms with Crippen molar-refractivity contribution in [2.24, 2.45) is 0 Å². The molecule has 1 N–H and O–H groups in total. The van der Waals surface area contributed by atoms with E-state index >= 15 is 0 Å². The lowest BCUT2D eigenvalue weighted by atomic mass is 9.97. The number of methoxy groups -OCH3 is 1. The zero-order valence-electron chi connectivity index (χ0n) is 17.6. The molecule has 1 aliphatic heterocycles. The number of carbonyl (C=O) groups excluding carboxylic acids is 1. The van der Waals surface area contributed by atoms with Crippen molar-refractivity contribution in [3.63, 3.8) is 0 Å². The summed E-state index contributed by atoms with van der Waals surface area (Å²) in [6.07, 6.45) is -0.274. The number of likely N-dealkylation sites (tertiary alicyclic amines) is 1. The van der Waals surface area contributed by atoms with Crippen LogP contribution >= 0.6 is 0 Å². The van der Waals surface area contributed by atoms with Gasteiger partial charge in [-0.1, -0.05) is 12.1 Å². The van der Waals surface area contributed by atoms with Gasteiger partial charge in [-0.2, -0.15) is 0 Å². The predicted molar refractivity (Wildman–Crippen MR) is 112 cm³/mol. The Labute approximate surface area is 175 Å². The summed E-state index contributed by atoms with van der Waals surface area (Å²) < 4.78 is 16.1. The number of nitrogens with one attached hydrogen (secondary N) is 1. The maximum atomic E-state index is 12.1. The van der Waals surface area contributed by atoms with Crippen molar-refractivity contribution in [2.45, 2.75) is 32.3 Å². The highest BCUT2D eigenvalue weighted by Gasteiger charge is 2.35. The molecule has 158 valence electrons. The molecule has 8 heteroatoms. The van der Waals surface area contributed by atoms with Gasteiger partial charge >= 0.3 is 6.09 Å². The number of ether oxygens (including phenoxy) is 3. The van der Waals surface area contributed by atoms with Crippen LogP contribution in [0.4, 0.5) is 4.79 Å². The third-order valence-electron chi connectivity index (χ3n) is 4.87. The summed E-state index contributed by atoms with van der Waals surface area (Å²) in [6, 6.07) is 11.7. The molecule has 2 aromatic heterocycles. The number of aromatic nitrogens is 3. The van der Waals surface area contributed by atoms with Crippen molar-refractivity contribution in [2.75, 3.05) is 27.0 Å². The van der Waals surface area contributed by atoms with Crippen LogP contribution in [0.3, 0.4) is 0 Å². The Kier molecular flexibility index (Phi) is 5.34. The molecule has 1 aromatic carbocycles. The van der Waals surface area contributed by atoms with Crippen LogP contribution in [0.5, 0.6) is 5.75 Å². The standard InChI is InChI=1S/C22H26N4O4/c1-22(2,3)30-21(27)26-11-15(12-26)17-9-14-10-18(24-25-20(14)23-17)16-7-5-6-8-19(16)29-13-28-4/h5-10,15H,11-13H2,1-4H3,(H,23,25). The van der Waals surface area contributed by atoms with Crippen LogP contribution in [0.2, 0.25) is 0 Å². The van der Waals surface area contributed by atoms with Crippen molar-refractivity contribution >= 4 is 17.1 Å². The molecule has 1 fully saturated rings. The van der Waals surface area contributed by atoms with E-state index in [0.29, 0.717) is 18.8 Å². The van der Waals surface area contributed by atoms with Crippen LogP contribution in [0.1, 0.15) is 32.4 Å². The minimum Gasteiger partial charge on any atom is -0.467 e. The van der Waals surface area contributed by atoms with E-state index in [1.807, 2.05) is 51.1 Å². The smallest absolute Gasteiger partial charge is 0.410 e. The third kappa shape index (κ3) is 4.23. The number of amides is 1. The van der Waals surface area contributed by atoms with Crippen LogP contribution in [-0.4, -0.2) is 58.8 Å². The second-order valence-electron chi connectivity index (χ2n) is 8.39. The number of rotatable bonds is 5. The van der Waals surface area contributed by atoms with Crippen LogP contribution < -0.4 is 4.74 Å². The first-order valence-corrected chi connectivity index (χ1v) is 9.89. The molecule has 8 nitrogen and oxygen atoms in total. The largest absolute Gasteiger partial charge is 0.467 e. The molecule has 3 aromatic rings. The predicted octanol–water partition coefficient (Wildman–Crippen LogP) is 3.94. The second-order valence-corrected chi connectivity index (χ2v) is 8.39. The fourth-order valence-corrected chi connectivity index (χ4v) is 3.38. The van der Waals surface area contributed by atoms with Gasteiger partial charge in [0.15, 0.2) is 12.4 Å². The Hall–Kier alpha value is -3.13. The summed E-state index contributed by atoms with van der Waals surface area (Å²) in [5.41, 5.74) is 2.86. The lowest BCUT2D eigenvalue weighted by molar-refractivity contribution is 0.00793. The first-order chi connectivity index (χ1) is 14.3. The SMILES string of the molecule is COCOc1ccccc1-c1cc2cc(C3CN(C(=O)OC(C)(C)C)C3)[nH]c2nn1. The molecule has 3 heterocycles. The van der Waals surface area contributed by atoms with Crippen LogP contribution in [-0.2, 0) is 9.47 Å². The number of para-hydroxylation sites is 1. The second kappa shape index (κ2) is 7.95. The third-order valence-corrected chi connectivity index (χ3v) is 4.87. The molecule has 1 amide bonds. The van der Waals surface area contributed by atoms with E-state index in [4.69, 9.17) is 14.2 Å². The molecule has 0 unspecified atom stereocenters. The molecule has 0 radical (unpaired) electrons. The highest BCUT2D eigenvalue weighted by Crippen LogP contribution is 2.32. The first kappa shape index (κ1) is 20.2. The number of hydrogen-bond donors (Lipinski definition) is 1. The van der Waals surface area contributed by atoms with Crippen LogP contribution in [0.15, 0.2) is 36.4 Å². The molecule has 1 saturated heterocycles. The van der Waals surface area contributed by atoms with Gasteiger partial charge in [-0.15, -0.1) is 10.2 Å². The maximum Gasteiger partial charge on any atom is 0.410 e. The monoisotopic (exact) mass is 410 g/mol. The molecule has 0 atom stereocenters. The lowest BCUT2D eigenvalue weighted by Gasteiger charge is -2.39. The Morgan fingerprint density at radius 3 is 2.70 bits per heavy atom. The summed E-state index contributed by atoms with van der Waals surface area (Å²) in [6.45, 7) is 7.01. The van der Waals surface area contributed by atoms with Gasteiger partial charge in [0.25, 0.3) is 0 Å². The van der Waals surface area contributed by atoms with Gasteiger partial charge in [0.1, 0.15) is 11.4 Å². The van der Waals surface area contributed by atoms with E-state index < -0.39 is 5.60 Å². The van der Waals surface area contributed by atoms with E-state index in [1.165, 1.54) is 0 Å². The van der Waals surface area contributed by atoms with Gasteiger partial charge in [-0.05, 0) is 45.0 Å². The zero-order chi connectivity index (χ0) is 21.3. The van der Waals surface area contributed by atoms with Gasteiger partial charge in [0.2, 0.25) is 0 Å².